The van der Waals surface area contributed by atoms with Crippen LogP contribution in [0.4, 0.5) is 14.6 Å². The summed E-state index contributed by atoms with van der Waals surface area (Å²) in [6.07, 6.45) is 11.0. The lowest BCUT2D eigenvalue weighted by Crippen LogP contribution is -2.43. The van der Waals surface area contributed by atoms with E-state index in [1.165, 1.54) is 0 Å². The minimum Gasteiger partial charge on any atom is -0.461 e. The number of rotatable bonds is 5. The standard InChI is InChI=1S/C33H32F2N6O/c1-2-20-6-3-7-21-8-4-9-23(27(20)21)29-28(35)30-24(17-37-29)31(41-15-11-25-26(41)10-13-36-25)39-32(38-30)42-19-33-12-5-14-40(33)18-22(34)16-33/h1,3-4,6-9,17,22,25-26,36H,5,10-16,18-19H2/t22-,25?,26?,33+/m1/s1. The molecule has 4 fully saturated rings. The van der Waals surface area contributed by atoms with Gasteiger partial charge >= 0.3 is 6.01 Å². The summed E-state index contributed by atoms with van der Waals surface area (Å²) in [7, 11) is 0. The Bertz CT molecular complexity index is 1750. The van der Waals surface area contributed by atoms with Gasteiger partial charge in [0.15, 0.2) is 5.82 Å². The van der Waals surface area contributed by atoms with Gasteiger partial charge in [0.25, 0.3) is 0 Å². The van der Waals surface area contributed by atoms with Gasteiger partial charge in [-0.15, -0.1) is 6.42 Å². The third-order valence-corrected chi connectivity index (χ3v) is 9.85. The molecule has 214 valence electrons. The van der Waals surface area contributed by atoms with Gasteiger partial charge in [0.05, 0.1) is 10.9 Å². The minimum atomic E-state index is -0.863. The molecule has 4 saturated heterocycles. The number of nitrogens with zero attached hydrogens (tertiary/aromatic N) is 5. The van der Waals surface area contributed by atoms with E-state index in [1.54, 1.807) is 6.20 Å². The zero-order valence-corrected chi connectivity index (χ0v) is 23.3. The molecule has 0 radical (unpaired) electrons. The van der Waals surface area contributed by atoms with Crippen molar-refractivity contribution < 1.29 is 13.5 Å². The maximum absolute atomic E-state index is 16.7. The van der Waals surface area contributed by atoms with Crippen LogP contribution in [0.25, 0.3) is 32.9 Å². The van der Waals surface area contributed by atoms with Crippen molar-refractivity contribution >= 4 is 27.5 Å². The van der Waals surface area contributed by atoms with E-state index in [4.69, 9.17) is 16.1 Å². The maximum Gasteiger partial charge on any atom is 0.319 e. The van der Waals surface area contributed by atoms with Crippen molar-refractivity contribution in [1.82, 2.24) is 25.2 Å². The van der Waals surface area contributed by atoms with Gasteiger partial charge in [0, 0.05) is 54.3 Å². The lowest BCUT2D eigenvalue weighted by molar-refractivity contribution is 0.107. The molecule has 9 heteroatoms. The first-order valence-corrected chi connectivity index (χ1v) is 14.9. The second-order valence-corrected chi connectivity index (χ2v) is 12.1. The Kier molecular flexibility index (Phi) is 6.06. The Morgan fingerprint density at radius 2 is 2.02 bits per heavy atom. The second kappa shape index (κ2) is 9.85. The van der Waals surface area contributed by atoms with Crippen molar-refractivity contribution in [2.24, 2.45) is 0 Å². The Morgan fingerprint density at radius 3 is 2.90 bits per heavy atom. The molecule has 0 saturated carbocycles. The van der Waals surface area contributed by atoms with E-state index in [9.17, 15) is 4.39 Å². The highest BCUT2D eigenvalue weighted by Gasteiger charge is 2.49. The molecular formula is C33H32F2N6O. The van der Waals surface area contributed by atoms with E-state index in [0.29, 0.717) is 41.3 Å². The summed E-state index contributed by atoms with van der Waals surface area (Å²) in [6.45, 7) is 3.32. The molecule has 0 aliphatic carbocycles. The van der Waals surface area contributed by atoms with Crippen molar-refractivity contribution in [3.63, 3.8) is 0 Å². The summed E-state index contributed by atoms with van der Waals surface area (Å²) in [5, 5.41) is 5.82. The van der Waals surface area contributed by atoms with Crippen molar-refractivity contribution in [1.29, 1.82) is 0 Å². The zero-order valence-electron chi connectivity index (χ0n) is 23.3. The predicted octanol–water partition coefficient (Wildman–Crippen LogP) is 4.86. The number of nitrogens with one attached hydrogen (secondary N) is 1. The molecule has 0 spiro atoms. The van der Waals surface area contributed by atoms with Crippen LogP contribution in [-0.2, 0) is 0 Å². The SMILES string of the molecule is C#Cc1cccc2cccc(-c3ncc4c(N5CCC6NCCC65)nc(OC[C@@]56CCCN5C[C@H](F)C6)nc4c3F)c12. The van der Waals surface area contributed by atoms with Crippen LogP contribution in [0.15, 0.2) is 42.6 Å². The largest absolute Gasteiger partial charge is 0.461 e. The number of fused-ring (bicyclic) bond motifs is 4. The number of ether oxygens (including phenoxy) is 1. The van der Waals surface area contributed by atoms with Crippen LogP contribution >= 0.6 is 0 Å². The molecule has 2 aromatic heterocycles. The first-order chi connectivity index (χ1) is 20.5. The van der Waals surface area contributed by atoms with Gasteiger partial charge in [-0.25, -0.2) is 8.78 Å². The molecule has 42 heavy (non-hydrogen) atoms. The van der Waals surface area contributed by atoms with Gasteiger partial charge < -0.3 is 15.0 Å². The third-order valence-electron chi connectivity index (χ3n) is 9.85. The first kappa shape index (κ1) is 25.8. The van der Waals surface area contributed by atoms with Crippen LogP contribution in [0.5, 0.6) is 6.01 Å². The number of anilines is 1. The van der Waals surface area contributed by atoms with Gasteiger partial charge in [-0.3, -0.25) is 9.88 Å². The highest BCUT2D eigenvalue weighted by molar-refractivity contribution is 6.02. The third kappa shape index (κ3) is 3.96. The highest BCUT2D eigenvalue weighted by Crippen LogP contribution is 2.42. The number of hydrogen-bond donors (Lipinski definition) is 1. The van der Waals surface area contributed by atoms with Gasteiger partial charge in [-0.05, 0) is 50.2 Å². The summed E-state index contributed by atoms with van der Waals surface area (Å²) < 4.78 is 37.4. The molecule has 6 heterocycles. The fourth-order valence-corrected chi connectivity index (χ4v) is 7.93. The van der Waals surface area contributed by atoms with Crippen LogP contribution in [0, 0.1) is 18.2 Å². The highest BCUT2D eigenvalue weighted by atomic mass is 19.1. The predicted molar refractivity (Wildman–Crippen MR) is 159 cm³/mol. The van der Waals surface area contributed by atoms with Crippen molar-refractivity contribution in [2.45, 2.75) is 55.9 Å². The van der Waals surface area contributed by atoms with E-state index < -0.39 is 12.0 Å². The maximum atomic E-state index is 16.7. The topological polar surface area (TPSA) is 66.4 Å². The molecule has 4 atom stereocenters. The fraction of sp³-hybridized carbons (Fsp3) is 0.424. The average Bonchev–Trinajstić information content (AvgIpc) is 3.77. The second-order valence-electron chi connectivity index (χ2n) is 12.1. The fourth-order valence-electron chi connectivity index (χ4n) is 7.93. The minimum absolute atomic E-state index is 0.119. The molecule has 0 amide bonds. The van der Waals surface area contributed by atoms with Crippen molar-refractivity contribution in [3.8, 4) is 29.6 Å². The number of terminal acetylenes is 1. The molecule has 2 aromatic carbocycles. The quantitative estimate of drug-likeness (QED) is 0.346. The lowest BCUT2D eigenvalue weighted by atomic mass is 9.95. The Hall–Kier alpha value is -3.87. The Balaban J connectivity index is 1.26. The van der Waals surface area contributed by atoms with E-state index in [1.807, 2.05) is 36.4 Å². The summed E-state index contributed by atoms with van der Waals surface area (Å²) in [5.74, 6) is 2.84. The molecule has 4 aromatic rings. The van der Waals surface area contributed by atoms with Crippen molar-refractivity contribution in [3.05, 3.63) is 54.0 Å². The van der Waals surface area contributed by atoms with E-state index >= 15 is 4.39 Å². The molecular weight excluding hydrogens is 534 g/mol. The van der Waals surface area contributed by atoms with Gasteiger partial charge in [0.1, 0.15) is 29.8 Å². The average molecular weight is 567 g/mol. The summed E-state index contributed by atoms with van der Waals surface area (Å²) >= 11 is 0. The summed E-state index contributed by atoms with van der Waals surface area (Å²) in [6, 6.07) is 12.2. The lowest BCUT2D eigenvalue weighted by Gasteiger charge is -2.31. The molecule has 4 aliphatic heterocycles. The zero-order chi connectivity index (χ0) is 28.4. The Morgan fingerprint density at radius 1 is 1.14 bits per heavy atom. The normalized spacial score (nSPS) is 27.1. The molecule has 2 unspecified atom stereocenters. The molecule has 1 N–H and O–H groups in total. The van der Waals surface area contributed by atoms with Crippen LogP contribution in [0.3, 0.4) is 0 Å². The van der Waals surface area contributed by atoms with Gasteiger partial charge in [-0.2, -0.15) is 9.97 Å². The number of benzene rings is 2. The van der Waals surface area contributed by atoms with Gasteiger partial charge in [-0.1, -0.05) is 36.3 Å². The molecule has 7 nitrogen and oxygen atoms in total. The van der Waals surface area contributed by atoms with Gasteiger partial charge in [0.2, 0.25) is 0 Å². The number of hydrogen-bond acceptors (Lipinski definition) is 7. The smallest absolute Gasteiger partial charge is 0.319 e. The molecule has 4 aliphatic rings. The monoisotopic (exact) mass is 566 g/mol. The van der Waals surface area contributed by atoms with E-state index in [2.05, 4.69) is 31.0 Å². The Labute approximate surface area is 243 Å². The molecule has 0 bridgehead atoms. The molecule has 8 rings (SSSR count). The van der Waals surface area contributed by atoms with Crippen molar-refractivity contribution in [2.75, 3.05) is 37.7 Å². The summed E-state index contributed by atoms with van der Waals surface area (Å²) in [4.78, 5) is 18.6. The van der Waals surface area contributed by atoms with E-state index in [0.717, 1.165) is 56.1 Å². The van der Waals surface area contributed by atoms with Crippen LogP contribution in [0.1, 0.15) is 37.7 Å². The van der Waals surface area contributed by atoms with E-state index in [-0.39, 0.29) is 35.4 Å². The number of aromatic nitrogens is 3. The number of pyridine rings is 1. The van der Waals surface area contributed by atoms with Crippen LogP contribution < -0.4 is 15.0 Å². The van der Waals surface area contributed by atoms with Crippen LogP contribution in [-0.4, -0.2) is 76.4 Å². The van der Waals surface area contributed by atoms with Crippen LogP contribution in [0.2, 0.25) is 0 Å². The summed E-state index contributed by atoms with van der Waals surface area (Å²) in [5.41, 5.74) is 1.29. The number of alkyl halides is 1. The first-order valence-electron chi connectivity index (χ1n) is 14.9. The number of halogens is 2.